The van der Waals surface area contributed by atoms with Gasteiger partial charge in [0.25, 0.3) is 0 Å². The maximum atomic E-state index is 14.1. The zero-order valence-electron chi connectivity index (χ0n) is 11.3. The highest BCUT2D eigenvalue weighted by atomic mass is 35.5. The van der Waals surface area contributed by atoms with Crippen molar-refractivity contribution in [3.8, 4) is 0 Å². The smallest absolute Gasteiger partial charge is 0.419 e. The molecule has 1 aliphatic rings. The van der Waals surface area contributed by atoms with Crippen LogP contribution in [0.25, 0.3) is 0 Å². The highest BCUT2D eigenvalue weighted by Crippen LogP contribution is 2.40. The lowest BCUT2D eigenvalue weighted by Gasteiger charge is -2.38. The highest BCUT2D eigenvalue weighted by molar-refractivity contribution is 5.85. The van der Waals surface area contributed by atoms with Crippen molar-refractivity contribution in [2.75, 3.05) is 6.61 Å². The summed E-state index contributed by atoms with van der Waals surface area (Å²) in [4.78, 5) is 11.2. The van der Waals surface area contributed by atoms with Crippen molar-refractivity contribution in [3.63, 3.8) is 0 Å². The minimum absolute atomic E-state index is 0. The third kappa shape index (κ3) is 3.40. The fourth-order valence-electron chi connectivity index (χ4n) is 2.18. The monoisotopic (exact) mass is 327 g/mol. The van der Waals surface area contributed by atoms with Gasteiger partial charge in [0.2, 0.25) is 0 Å². The number of alkyl halides is 3. The lowest BCUT2D eigenvalue weighted by atomic mass is 9.80. The number of hydrogen-bond acceptors (Lipinski definition) is 2. The number of hydrogen-bond donors (Lipinski definition) is 1. The number of amides is 1. The SMILES string of the molecule is CC1(C)COC(=O)N[C@H]1c1cccc(C(F)(F)F)c1F.Cl. The first-order valence-corrected chi connectivity index (χ1v) is 5.92. The lowest BCUT2D eigenvalue weighted by Crippen LogP contribution is -2.47. The summed E-state index contributed by atoms with van der Waals surface area (Å²) in [5.41, 5.74) is -2.26. The zero-order valence-corrected chi connectivity index (χ0v) is 12.1. The molecule has 0 unspecified atom stereocenters. The predicted octanol–water partition coefficient (Wildman–Crippen LogP) is 4.07. The van der Waals surface area contributed by atoms with E-state index in [4.69, 9.17) is 4.74 Å². The van der Waals surface area contributed by atoms with Crippen LogP contribution in [0.4, 0.5) is 22.4 Å². The van der Waals surface area contributed by atoms with Crippen molar-refractivity contribution in [1.82, 2.24) is 5.32 Å². The van der Waals surface area contributed by atoms with Crippen LogP contribution in [0.3, 0.4) is 0 Å². The largest absolute Gasteiger partial charge is 0.449 e. The summed E-state index contributed by atoms with van der Waals surface area (Å²) < 4.78 is 57.0. The van der Waals surface area contributed by atoms with Crippen LogP contribution in [-0.2, 0) is 10.9 Å². The summed E-state index contributed by atoms with van der Waals surface area (Å²) in [5, 5.41) is 2.37. The van der Waals surface area contributed by atoms with Crippen molar-refractivity contribution in [2.45, 2.75) is 26.1 Å². The zero-order chi connectivity index (χ0) is 15.1. The summed E-state index contributed by atoms with van der Waals surface area (Å²) in [5.74, 6) is -1.36. The normalized spacial score (nSPS) is 21.0. The number of carbonyl (C=O) groups is 1. The molecular formula is C13H14ClF4NO2. The Hall–Kier alpha value is -1.50. The summed E-state index contributed by atoms with van der Waals surface area (Å²) >= 11 is 0. The molecular weight excluding hydrogens is 314 g/mol. The third-order valence-electron chi connectivity index (χ3n) is 3.26. The van der Waals surface area contributed by atoms with E-state index in [2.05, 4.69) is 5.32 Å². The number of benzene rings is 1. The number of alkyl carbamates (subject to hydrolysis) is 1. The summed E-state index contributed by atoms with van der Waals surface area (Å²) in [6.45, 7) is 3.35. The molecule has 21 heavy (non-hydrogen) atoms. The van der Waals surface area contributed by atoms with E-state index < -0.39 is 35.1 Å². The van der Waals surface area contributed by atoms with E-state index in [1.54, 1.807) is 13.8 Å². The van der Waals surface area contributed by atoms with Crippen molar-refractivity contribution >= 4 is 18.5 Å². The Balaban J connectivity index is 0.00000220. The van der Waals surface area contributed by atoms with E-state index in [0.717, 1.165) is 6.07 Å². The lowest BCUT2D eigenvalue weighted by molar-refractivity contribution is -0.140. The maximum Gasteiger partial charge on any atom is 0.419 e. The van der Waals surface area contributed by atoms with Gasteiger partial charge in [-0.2, -0.15) is 13.2 Å². The van der Waals surface area contributed by atoms with E-state index in [-0.39, 0.29) is 24.6 Å². The number of ether oxygens (including phenoxy) is 1. The molecule has 1 N–H and O–H groups in total. The van der Waals surface area contributed by atoms with Gasteiger partial charge < -0.3 is 10.1 Å². The van der Waals surface area contributed by atoms with Gasteiger partial charge in [0.1, 0.15) is 12.4 Å². The Labute approximate surface area is 125 Å². The molecule has 0 radical (unpaired) electrons. The molecule has 118 valence electrons. The molecule has 2 rings (SSSR count). The molecule has 1 heterocycles. The molecule has 1 aromatic carbocycles. The van der Waals surface area contributed by atoms with Crippen LogP contribution < -0.4 is 5.32 Å². The number of carbonyl (C=O) groups excluding carboxylic acids is 1. The number of halogens is 5. The molecule has 0 aliphatic carbocycles. The van der Waals surface area contributed by atoms with Crippen molar-refractivity contribution in [3.05, 3.63) is 35.1 Å². The van der Waals surface area contributed by atoms with E-state index in [9.17, 15) is 22.4 Å². The van der Waals surface area contributed by atoms with Gasteiger partial charge in [0.05, 0.1) is 11.6 Å². The van der Waals surface area contributed by atoms with Crippen molar-refractivity contribution in [1.29, 1.82) is 0 Å². The minimum Gasteiger partial charge on any atom is -0.449 e. The molecule has 8 heteroatoms. The Bertz CT molecular complexity index is 545. The quantitative estimate of drug-likeness (QED) is 0.789. The minimum atomic E-state index is -4.78. The van der Waals surface area contributed by atoms with Gasteiger partial charge in [-0.05, 0) is 6.07 Å². The van der Waals surface area contributed by atoms with Crippen LogP contribution in [-0.4, -0.2) is 12.7 Å². The van der Waals surface area contributed by atoms with Gasteiger partial charge in [-0.1, -0.05) is 26.0 Å². The Morgan fingerprint density at radius 1 is 1.33 bits per heavy atom. The van der Waals surface area contributed by atoms with Crippen molar-refractivity contribution in [2.24, 2.45) is 5.41 Å². The first-order chi connectivity index (χ1) is 9.13. The molecule has 1 amide bonds. The van der Waals surface area contributed by atoms with Crippen LogP contribution in [0, 0.1) is 11.2 Å². The molecule has 1 fully saturated rings. The van der Waals surface area contributed by atoms with Crippen LogP contribution in [0.2, 0.25) is 0 Å². The van der Waals surface area contributed by atoms with Crippen LogP contribution in [0.5, 0.6) is 0 Å². The van der Waals surface area contributed by atoms with Gasteiger partial charge in [-0.15, -0.1) is 12.4 Å². The Morgan fingerprint density at radius 3 is 2.52 bits per heavy atom. The fourth-order valence-corrected chi connectivity index (χ4v) is 2.18. The van der Waals surface area contributed by atoms with Gasteiger partial charge in [0, 0.05) is 11.0 Å². The third-order valence-corrected chi connectivity index (χ3v) is 3.26. The molecule has 3 nitrogen and oxygen atoms in total. The molecule has 1 aromatic rings. The van der Waals surface area contributed by atoms with Crippen LogP contribution in [0.1, 0.15) is 31.0 Å². The van der Waals surface area contributed by atoms with Crippen LogP contribution >= 0.6 is 12.4 Å². The van der Waals surface area contributed by atoms with E-state index in [1.807, 2.05) is 0 Å². The van der Waals surface area contributed by atoms with Crippen molar-refractivity contribution < 1.29 is 27.1 Å². The maximum absolute atomic E-state index is 14.1. The summed E-state index contributed by atoms with van der Waals surface area (Å²) in [6.07, 6.45) is -5.55. The first-order valence-electron chi connectivity index (χ1n) is 5.92. The second kappa shape index (κ2) is 5.71. The second-order valence-electron chi connectivity index (χ2n) is 5.35. The molecule has 1 aliphatic heterocycles. The van der Waals surface area contributed by atoms with E-state index >= 15 is 0 Å². The van der Waals surface area contributed by atoms with Gasteiger partial charge >= 0.3 is 12.3 Å². The number of cyclic esters (lactones) is 1. The Morgan fingerprint density at radius 2 is 1.95 bits per heavy atom. The molecule has 0 aromatic heterocycles. The standard InChI is InChI=1S/C13H13F4NO2.ClH/c1-12(2)6-20-11(19)18-10(12)7-4-3-5-8(9(7)14)13(15,16)17;/h3-5,10H,6H2,1-2H3,(H,18,19);1H/t10-;/m0./s1. The predicted molar refractivity (Wildman–Crippen MR) is 69.7 cm³/mol. The van der Waals surface area contributed by atoms with Gasteiger partial charge in [-0.3, -0.25) is 0 Å². The van der Waals surface area contributed by atoms with Crippen LogP contribution in [0.15, 0.2) is 18.2 Å². The fraction of sp³-hybridized carbons (Fsp3) is 0.462. The first kappa shape index (κ1) is 17.6. The summed E-state index contributed by atoms with van der Waals surface area (Å²) in [7, 11) is 0. The molecule has 0 saturated carbocycles. The molecule has 1 saturated heterocycles. The second-order valence-corrected chi connectivity index (χ2v) is 5.35. The topological polar surface area (TPSA) is 38.3 Å². The Kier molecular flexibility index (Phi) is 4.77. The average Bonchev–Trinajstić information content (AvgIpc) is 2.31. The average molecular weight is 328 g/mol. The van der Waals surface area contributed by atoms with Gasteiger partial charge in [-0.25, -0.2) is 9.18 Å². The number of rotatable bonds is 1. The molecule has 1 atom stereocenters. The summed E-state index contributed by atoms with van der Waals surface area (Å²) in [6, 6.07) is 2.15. The van der Waals surface area contributed by atoms with E-state index in [0.29, 0.717) is 6.07 Å². The number of nitrogens with one attached hydrogen (secondary N) is 1. The highest BCUT2D eigenvalue weighted by Gasteiger charge is 2.42. The van der Waals surface area contributed by atoms with Gasteiger partial charge in [0.15, 0.2) is 0 Å². The molecule has 0 bridgehead atoms. The van der Waals surface area contributed by atoms with E-state index in [1.165, 1.54) is 6.07 Å². The molecule has 0 spiro atoms.